The Bertz CT molecular complexity index is 950. The minimum absolute atomic E-state index is 0.0636. The molecule has 0 radical (unpaired) electrons. The average Bonchev–Trinajstić information content (AvgIpc) is 2.58. The molecular formula is C17H10F4N2O2. The molecule has 128 valence electrons. The largest absolute Gasteiger partial charge is 0.438 e. The van der Waals surface area contributed by atoms with Crippen molar-refractivity contribution in [3.8, 4) is 22.8 Å². The highest BCUT2D eigenvalue weighted by Gasteiger charge is 2.30. The second-order valence-electron chi connectivity index (χ2n) is 5.05. The third-order valence-electron chi connectivity index (χ3n) is 3.34. The van der Waals surface area contributed by atoms with E-state index in [1.54, 1.807) is 12.1 Å². The van der Waals surface area contributed by atoms with Crippen LogP contribution in [0.25, 0.3) is 11.1 Å². The normalized spacial score (nSPS) is 11.4. The van der Waals surface area contributed by atoms with Gasteiger partial charge in [0, 0.05) is 23.5 Å². The van der Waals surface area contributed by atoms with Gasteiger partial charge in [-0.2, -0.15) is 13.2 Å². The summed E-state index contributed by atoms with van der Waals surface area (Å²) in [5, 5.41) is 0. The van der Waals surface area contributed by atoms with Crippen molar-refractivity contribution in [1.29, 1.82) is 0 Å². The highest BCUT2D eigenvalue weighted by molar-refractivity contribution is 5.68. The fourth-order valence-corrected chi connectivity index (χ4v) is 2.13. The minimum Gasteiger partial charge on any atom is -0.438 e. The van der Waals surface area contributed by atoms with E-state index in [4.69, 9.17) is 4.74 Å². The van der Waals surface area contributed by atoms with Gasteiger partial charge in [0.1, 0.15) is 5.75 Å². The smallest absolute Gasteiger partial charge is 0.416 e. The van der Waals surface area contributed by atoms with Crippen LogP contribution in [0.1, 0.15) is 5.56 Å². The number of benzene rings is 1. The Hall–Kier alpha value is -3.16. The molecule has 1 N–H and O–H groups in total. The molecule has 0 atom stereocenters. The van der Waals surface area contributed by atoms with Gasteiger partial charge in [-0.25, -0.2) is 9.37 Å². The molecule has 0 aliphatic rings. The lowest BCUT2D eigenvalue weighted by molar-refractivity contribution is -0.137. The van der Waals surface area contributed by atoms with Crippen molar-refractivity contribution in [3.63, 3.8) is 0 Å². The Morgan fingerprint density at radius 3 is 2.44 bits per heavy atom. The number of hydrogen-bond acceptors (Lipinski definition) is 3. The molecule has 2 aromatic heterocycles. The van der Waals surface area contributed by atoms with E-state index in [2.05, 4.69) is 9.97 Å². The fraction of sp³-hybridized carbons (Fsp3) is 0.0588. The highest BCUT2D eigenvalue weighted by Crippen LogP contribution is 2.33. The van der Waals surface area contributed by atoms with E-state index in [0.717, 1.165) is 30.3 Å². The van der Waals surface area contributed by atoms with Gasteiger partial charge in [0.05, 0.1) is 5.56 Å². The number of hydrogen-bond donors (Lipinski definition) is 1. The van der Waals surface area contributed by atoms with Crippen LogP contribution in [0.2, 0.25) is 0 Å². The van der Waals surface area contributed by atoms with Crippen LogP contribution in [0, 0.1) is 5.82 Å². The Kier molecular flexibility index (Phi) is 4.26. The molecular weight excluding hydrogens is 340 g/mol. The number of rotatable bonds is 3. The van der Waals surface area contributed by atoms with Gasteiger partial charge in [-0.1, -0.05) is 0 Å². The van der Waals surface area contributed by atoms with Crippen LogP contribution < -0.4 is 10.3 Å². The number of pyridine rings is 2. The number of nitrogens with one attached hydrogen (secondary N) is 1. The van der Waals surface area contributed by atoms with Crippen LogP contribution in [0.4, 0.5) is 17.6 Å². The summed E-state index contributed by atoms with van der Waals surface area (Å²) < 4.78 is 56.7. The number of alkyl halides is 3. The van der Waals surface area contributed by atoms with E-state index in [1.807, 2.05) is 0 Å². The predicted octanol–water partition coefficient (Wildman–Crippen LogP) is 4.39. The van der Waals surface area contributed by atoms with Gasteiger partial charge in [-0.3, -0.25) is 4.79 Å². The molecule has 2 heterocycles. The zero-order valence-corrected chi connectivity index (χ0v) is 12.5. The molecule has 3 aromatic rings. The van der Waals surface area contributed by atoms with E-state index < -0.39 is 23.1 Å². The molecule has 8 heteroatoms. The lowest BCUT2D eigenvalue weighted by Crippen LogP contribution is -2.09. The van der Waals surface area contributed by atoms with E-state index in [9.17, 15) is 22.4 Å². The molecule has 25 heavy (non-hydrogen) atoms. The summed E-state index contributed by atoms with van der Waals surface area (Å²) in [5.41, 5.74) is -0.980. The maximum atomic E-state index is 13.5. The maximum Gasteiger partial charge on any atom is 0.416 e. The molecule has 4 nitrogen and oxygen atoms in total. The zero-order valence-electron chi connectivity index (χ0n) is 12.5. The van der Waals surface area contributed by atoms with Crippen LogP contribution in [-0.2, 0) is 6.18 Å². The number of aromatic nitrogens is 2. The van der Waals surface area contributed by atoms with Gasteiger partial charge in [0.15, 0.2) is 5.82 Å². The lowest BCUT2D eigenvalue weighted by atomic mass is 10.1. The molecule has 0 unspecified atom stereocenters. The molecule has 0 aliphatic heterocycles. The molecule has 0 saturated carbocycles. The standard InChI is InChI=1S/C17H10F4N2O2/c18-14-8-10(9-23-15(14)24)13-2-1-7-22-16(13)25-12-5-3-11(4-6-12)17(19,20)21/h1-9H,(H,23,24). The number of nitrogens with zero attached hydrogens (tertiary/aromatic N) is 1. The number of aromatic amines is 1. The van der Waals surface area contributed by atoms with Gasteiger partial charge in [-0.15, -0.1) is 0 Å². The van der Waals surface area contributed by atoms with Gasteiger partial charge in [0.2, 0.25) is 5.88 Å². The second kappa shape index (κ2) is 6.39. The first-order valence-corrected chi connectivity index (χ1v) is 7.03. The second-order valence-corrected chi connectivity index (χ2v) is 5.05. The van der Waals surface area contributed by atoms with Crippen molar-refractivity contribution in [2.24, 2.45) is 0 Å². The average molecular weight is 350 g/mol. The summed E-state index contributed by atoms with van der Waals surface area (Å²) in [4.78, 5) is 17.4. The Labute approximate surface area is 138 Å². The lowest BCUT2D eigenvalue weighted by Gasteiger charge is -2.11. The van der Waals surface area contributed by atoms with Crippen LogP contribution in [-0.4, -0.2) is 9.97 Å². The maximum absolute atomic E-state index is 13.5. The van der Waals surface area contributed by atoms with Crippen molar-refractivity contribution >= 4 is 0 Å². The van der Waals surface area contributed by atoms with Gasteiger partial charge in [-0.05, 0) is 42.5 Å². The highest BCUT2D eigenvalue weighted by atomic mass is 19.4. The number of H-pyrrole nitrogens is 1. The summed E-state index contributed by atoms with van der Waals surface area (Å²) in [6.45, 7) is 0. The summed E-state index contributed by atoms with van der Waals surface area (Å²) >= 11 is 0. The van der Waals surface area contributed by atoms with Gasteiger partial charge in [0.25, 0.3) is 5.56 Å². The van der Waals surface area contributed by atoms with E-state index >= 15 is 0 Å². The zero-order chi connectivity index (χ0) is 18.0. The predicted molar refractivity (Wildman–Crippen MR) is 81.8 cm³/mol. The van der Waals surface area contributed by atoms with Gasteiger partial charge < -0.3 is 9.72 Å². The van der Waals surface area contributed by atoms with Crippen LogP contribution in [0.5, 0.6) is 11.6 Å². The summed E-state index contributed by atoms with van der Waals surface area (Å²) in [6.07, 6.45) is -1.73. The Morgan fingerprint density at radius 2 is 1.80 bits per heavy atom. The first-order chi connectivity index (χ1) is 11.8. The van der Waals surface area contributed by atoms with E-state index in [1.165, 1.54) is 12.4 Å². The quantitative estimate of drug-likeness (QED) is 0.713. The minimum atomic E-state index is -4.44. The van der Waals surface area contributed by atoms with Crippen LogP contribution in [0.15, 0.2) is 59.7 Å². The van der Waals surface area contributed by atoms with Gasteiger partial charge >= 0.3 is 6.18 Å². The van der Waals surface area contributed by atoms with E-state index in [-0.39, 0.29) is 11.6 Å². The summed E-state index contributed by atoms with van der Waals surface area (Å²) in [5.74, 6) is -0.770. The third-order valence-corrected chi connectivity index (χ3v) is 3.34. The molecule has 0 amide bonds. The van der Waals surface area contributed by atoms with Crippen molar-refractivity contribution in [1.82, 2.24) is 9.97 Å². The van der Waals surface area contributed by atoms with Crippen molar-refractivity contribution in [2.75, 3.05) is 0 Å². The molecule has 0 spiro atoms. The Balaban J connectivity index is 1.93. The van der Waals surface area contributed by atoms with E-state index in [0.29, 0.717) is 11.1 Å². The van der Waals surface area contributed by atoms with Crippen LogP contribution >= 0.6 is 0 Å². The first-order valence-electron chi connectivity index (χ1n) is 7.03. The summed E-state index contributed by atoms with van der Waals surface area (Å²) in [6, 6.07) is 8.28. The molecule has 0 fully saturated rings. The molecule has 0 saturated heterocycles. The summed E-state index contributed by atoms with van der Waals surface area (Å²) in [7, 11) is 0. The molecule has 0 aliphatic carbocycles. The van der Waals surface area contributed by atoms with Crippen LogP contribution in [0.3, 0.4) is 0 Å². The monoisotopic (exact) mass is 350 g/mol. The Morgan fingerprint density at radius 1 is 1.08 bits per heavy atom. The third kappa shape index (κ3) is 3.68. The number of ether oxygens (including phenoxy) is 1. The van der Waals surface area contributed by atoms with Crippen molar-refractivity contribution < 1.29 is 22.3 Å². The van der Waals surface area contributed by atoms with Crippen molar-refractivity contribution in [3.05, 3.63) is 76.6 Å². The topological polar surface area (TPSA) is 55.0 Å². The van der Waals surface area contributed by atoms with Crippen molar-refractivity contribution in [2.45, 2.75) is 6.18 Å². The molecule has 1 aromatic carbocycles. The molecule has 0 bridgehead atoms. The first kappa shape index (κ1) is 16.7. The molecule has 3 rings (SSSR count). The fourth-order valence-electron chi connectivity index (χ4n) is 2.13. The number of halogens is 4. The SMILES string of the molecule is O=c1[nH]cc(-c2cccnc2Oc2ccc(C(F)(F)F)cc2)cc1F.